The molecule has 2 rings (SSSR count). The van der Waals surface area contributed by atoms with Crippen molar-refractivity contribution in [1.29, 1.82) is 0 Å². The second-order valence-corrected chi connectivity index (χ2v) is 6.88. The number of pyridine rings is 1. The van der Waals surface area contributed by atoms with Gasteiger partial charge < -0.3 is 14.8 Å². The monoisotopic (exact) mass is 386 g/mol. The minimum atomic E-state index is -0.849. The predicted octanol–water partition coefficient (Wildman–Crippen LogP) is 3.33. The molecule has 9 heteroatoms. The zero-order valence-electron chi connectivity index (χ0n) is 15.7. The highest BCUT2D eigenvalue weighted by atomic mass is 16.6. The number of hydrogen-bond acceptors (Lipinski definition) is 7. The fourth-order valence-electron chi connectivity index (χ4n) is 2.16. The van der Waals surface area contributed by atoms with Crippen molar-refractivity contribution in [3.63, 3.8) is 0 Å². The molecule has 147 valence electrons. The normalized spacial score (nSPS) is 12.0. The van der Waals surface area contributed by atoms with Gasteiger partial charge in [0.15, 0.2) is 0 Å². The van der Waals surface area contributed by atoms with E-state index in [2.05, 4.69) is 10.3 Å². The minimum Gasteiger partial charge on any atom is -0.444 e. The van der Waals surface area contributed by atoms with Crippen LogP contribution in [0.15, 0.2) is 42.6 Å². The number of nitro groups is 1. The van der Waals surface area contributed by atoms with E-state index >= 15 is 0 Å². The number of nitrogens with zero attached hydrogens (tertiary/aromatic N) is 2. The summed E-state index contributed by atoms with van der Waals surface area (Å²) in [5.41, 5.74) is -0.0210. The third kappa shape index (κ3) is 6.67. The fraction of sp³-hybridized carbons (Fsp3) is 0.316. The number of hydrogen-bond donors (Lipinski definition) is 1. The van der Waals surface area contributed by atoms with Crippen molar-refractivity contribution in [3.05, 3.63) is 58.3 Å². The molecule has 1 aromatic heterocycles. The van der Waals surface area contributed by atoms with Crippen LogP contribution in [0.5, 0.6) is 11.6 Å². The Hall–Kier alpha value is -3.49. The molecule has 1 aromatic carbocycles. The van der Waals surface area contributed by atoms with Gasteiger partial charge >= 0.3 is 6.09 Å². The largest absolute Gasteiger partial charge is 0.444 e. The molecule has 2 aromatic rings. The Morgan fingerprint density at radius 2 is 1.93 bits per heavy atom. The van der Waals surface area contributed by atoms with E-state index in [1.54, 1.807) is 51.3 Å². The Balaban J connectivity index is 1.94. The van der Waals surface area contributed by atoms with Gasteiger partial charge in [0.05, 0.1) is 4.92 Å². The van der Waals surface area contributed by atoms with Crippen LogP contribution < -0.4 is 10.1 Å². The molecule has 0 bridgehead atoms. The van der Waals surface area contributed by atoms with E-state index in [0.29, 0.717) is 5.75 Å². The third-order valence-corrected chi connectivity index (χ3v) is 3.35. The van der Waals surface area contributed by atoms with Crippen molar-refractivity contribution < 1.29 is 24.0 Å². The number of alkyl carbamates (subject to hydrolysis) is 1. The van der Waals surface area contributed by atoms with Crippen molar-refractivity contribution in [3.8, 4) is 11.6 Å². The van der Waals surface area contributed by atoms with E-state index < -0.39 is 22.7 Å². The summed E-state index contributed by atoms with van der Waals surface area (Å²) in [6.07, 6.45) is 2.43. The average molecular weight is 386 g/mol. The van der Waals surface area contributed by atoms with Crippen LogP contribution >= 0.6 is 0 Å². The van der Waals surface area contributed by atoms with Gasteiger partial charge in [0, 0.05) is 18.6 Å². The maximum atomic E-state index is 11.8. The van der Waals surface area contributed by atoms with Crippen molar-refractivity contribution in [2.45, 2.75) is 38.8 Å². The van der Waals surface area contributed by atoms with Crippen LogP contribution in [-0.4, -0.2) is 33.9 Å². The quantitative estimate of drug-likeness (QED) is 0.572. The van der Waals surface area contributed by atoms with E-state index in [1.165, 1.54) is 12.1 Å². The van der Waals surface area contributed by atoms with Crippen LogP contribution in [0.3, 0.4) is 0 Å². The summed E-state index contributed by atoms with van der Waals surface area (Å²) in [6.45, 7) is 5.18. The molecule has 0 aliphatic heterocycles. The SMILES string of the molecule is CC(C)(C)OC(=O)NC([C]=O)Cc1ccc(Oc2ccc([N+](=O)[O-])cn2)cc1. The summed E-state index contributed by atoms with van der Waals surface area (Å²) in [6, 6.07) is 8.61. The summed E-state index contributed by atoms with van der Waals surface area (Å²) in [5.74, 6) is 0.681. The number of aromatic nitrogens is 1. The molecule has 1 amide bonds. The molecule has 0 spiro atoms. The number of carbonyl (C=O) groups excluding carboxylic acids is 2. The Morgan fingerprint density at radius 3 is 2.43 bits per heavy atom. The van der Waals surface area contributed by atoms with Gasteiger partial charge in [-0.3, -0.25) is 14.9 Å². The Kier molecular flexibility index (Phi) is 6.64. The van der Waals surface area contributed by atoms with Gasteiger partial charge in [-0.1, -0.05) is 12.1 Å². The van der Waals surface area contributed by atoms with E-state index in [9.17, 15) is 19.7 Å². The molecular formula is C19H20N3O6. The van der Waals surface area contributed by atoms with Crippen LogP contribution in [-0.2, 0) is 16.0 Å². The minimum absolute atomic E-state index is 0.128. The van der Waals surface area contributed by atoms with Crippen LogP contribution in [0.2, 0.25) is 0 Å². The molecule has 1 unspecified atom stereocenters. The highest BCUT2D eigenvalue weighted by molar-refractivity contribution is 5.73. The van der Waals surface area contributed by atoms with Crippen LogP contribution in [0.4, 0.5) is 10.5 Å². The molecule has 1 N–H and O–H groups in total. The lowest BCUT2D eigenvalue weighted by molar-refractivity contribution is -0.385. The summed E-state index contributed by atoms with van der Waals surface area (Å²) >= 11 is 0. The van der Waals surface area contributed by atoms with Gasteiger partial charge in [0.25, 0.3) is 5.69 Å². The van der Waals surface area contributed by atoms with E-state index in [-0.39, 0.29) is 18.0 Å². The van der Waals surface area contributed by atoms with Gasteiger partial charge in [-0.15, -0.1) is 0 Å². The molecule has 0 aliphatic carbocycles. The summed E-state index contributed by atoms with van der Waals surface area (Å²) in [7, 11) is 0. The molecule has 28 heavy (non-hydrogen) atoms. The first kappa shape index (κ1) is 20.8. The summed E-state index contributed by atoms with van der Waals surface area (Å²) in [5, 5.41) is 13.1. The standard InChI is InChI=1S/C19H20N3O6/c1-19(2,3)28-18(24)21-14(12-23)10-13-4-7-16(8-5-13)27-17-9-6-15(11-20-17)22(25)26/h4-9,11,14H,10H2,1-3H3,(H,21,24). The Labute approximate surface area is 161 Å². The average Bonchev–Trinajstić information content (AvgIpc) is 2.61. The molecule has 1 atom stereocenters. The van der Waals surface area contributed by atoms with E-state index in [1.807, 2.05) is 0 Å². The molecular weight excluding hydrogens is 366 g/mol. The lowest BCUT2D eigenvalue weighted by atomic mass is 10.1. The summed E-state index contributed by atoms with van der Waals surface area (Å²) in [4.78, 5) is 36.8. The highest BCUT2D eigenvalue weighted by Crippen LogP contribution is 2.22. The van der Waals surface area contributed by atoms with Gasteiger partial charge in [-0.2, -0.15) is 0 Å². The first-order valence-electron chi connectivity index (χ1n) is 8.41. The smallest absolute Gasteiger partial charge is 0.408 e. The van der Waals surface area contributed by atoms with Crippen LogP contribution in [0.1, 0.15) is 26.3 Å². The fourth-order valence-corrected chi connectivity index (χ4v) is 2.16. The molecule has 1 heterocycles. The molecule has 0 fully saturated rings. The number of amides is 1. The Morgan fingerprint density at radius 1 is 1.25 bits per heavy atom. The first-order valence-corrected chi connectivity index (χ1v) is 8.41. The van der Waals surface area contributed by atoms with E-state index in [0.717, 1.165) is 11.8 Å². The maximum Gasteiger partial charge on any atom is 0.408 e. The number of benzene rings is 1. The zero-order chi connectivity index (χ0) is 20.7. The predicted molar refractivity (Wildman–Crippen MR) is 100.0 cm³/mol. The second-order valence-electron chi connectivity index (χ2n) is 6.88. The number of nitrogens with one attached hydrogen (secondary N) is 1. The van der Waals surface area contributed by atoms with E-state index in [4.69, 9.17) is 9.47 Å². The lowest BCUT2D eigenvalue weighted by Crippen LogP contribution is -2.41. The highest BCUT2D eigenvalue weighted by Gasteiger charge is 2.20. The van der Waals surface area contributed by atoms with Crippen molar-refractivity contribution >= 4 is 18.1 Å². The molecule has 9 nitrogen and oxygen atoms in total. The molecule has 0 aliphatic rings. The lowest BCUT2D eigenvalue weighted by Gasteiger charge is -2.21. The molecule has 1 radical (unpaired) electrons. The number of carbonyl (C=O) groups is 1. The van der Waals surface area contributed by atoms with Crippen LogP contribution in [0, 0.1) is 10.1 Å². The van der Waals surface area contributed by atoms with Crippen LogP contribution in [0.25, 0.3) is 0 Å². The molecule has 0 saturated carbocycles. The Bertz CT molecular complexity index is 828. The van der Waals surface area contributed by atoms with Gasteiger partial charge in [0.2, 0.25) is 12.2 Å². The van der Waals surface area contributed by atoms with Gasteiger partial charge in [-0.05, 0) is 38.5 Å². The van der Waals surface area contributed by atoms with Gasteiger partial charge in [0.1, 0.15) is 23.6 Å². The first-order chi connectivity index (χ1) is 13.2. The molecule has 0 saturated heterocycles. The van der Waals surface area contributed by atoms with Crippen molar-refractivity contribution in [2.75, 3.05) is 0 Å². The number of ether oxygens (including phenoxy) is 2. The van der Waals surface area contributed by atoms with Crippen molar-refractivity contribution in [2.24, 2.45) is 0 Å². The number of rotatable bonds is 7. The van der Waals surface area contributed by atoms with Crippen molar-refractivity contribution in [1.82, 2.24) is 10.3 Å². The topological polar surface area (TPSA) is 121 Å². The third-order valence-electron chi connectivity index (χ3n) is 3.35. The second kappa shape index (κ2) is 8.94. The van der Waals surface area contributed by atoms with Gasteiger partial charge in [-0.25, -0.2) is 9.78 Å². The maximum absolute atomic E-state index is 11.8. The zero-order valence-corrected chi connectivity index (χ0v) is 15.7. The summed E-state index contributed by atoms with van der Waals surface area (Å²) < 4.78 is 10.6.